The SMILES string of the molecule is CC(=O)C(Cl)c1cccc(Br)c1/C=C/C(=O)O. The molecule has 0 aromatic heterocycles. The van der Waals surface area contributed by atoms with Gasteiger partial charge >= 0.3 is 5.97 Å². The molecule has 0 amide bonds. The zero-order valence-corrected chi connectivity index (χ0v) is 11.3. The Morgan fingerprint density at radius 2 is 2.12 bits per heavy atom. The average Bonchev–Trinajstić information content (AvgIpc) is 2.25. The summed E-state index contributed by atoms with van der Waals surface area (Å²) in [5.41, 5.74) is 1.19. The Balaban J connectivity index is 3.26. The topological polar surface area (TPSA) is 54.4 Å². The number of carboxylic acid groups (broad SMARTS) is 1. The number of carbonyl (C=O) groups excluding carboxylic acids is 1. The summed E-state index contributed by atoms with van der Waals surface area (Å²) in [5.74, 6) is -1.24. The minimum atomic E-state index is -1.05. The molecule has 0 saturated carbocycles. The van der Waals surface area contributed by atoms with Crippen molar-refractivity contribution in [1.29, 1.82) is 0 Å². The van der Waals surface area contributed by atoms with E-state index in [1.165, 1.54) is 13.0 Å². The first-order chi connectivity index (χ1) is 7.93. The van der Waals surface area contributed by atoms with Crippen molar-refractivity contribution in [3.63, 3.8) is 0 Å². The number of hydrogen-bond donors (Lipinski definition) is 1. The van der Waals surface area contributed by atoms with E-state index in [1.807, 2.05) is 0 Å². The maximum atomic E-state index is 11.3. The van der Waals surface area contributed by atoms with E-state index >= 15 is 0 Å². The predicted octanol–water partition coefficient (Wildman–Crippen LogP) is 3.42. The lowest BCUT2D eigenvalue weighted by molar-refractivity contribution is -0.131. The normalized spacial score (nSPS) is 12.6. The van der Waals surface area contributed by atoms with Gasteiger partial charge in [0.2, 0.25) is 0 Å². The molecule has 90 valence electrons. The molecule has 0 radical (unpaired) electrons. The molecule has 0 fully saturated rings. The molecule has 1 unspecified atom stereocenters. The second kappa shape index (κ2) is 5.98. The molecule has 3 nitrogen and oxygen atoms in total. The molecular weight excluding hydrogens is 307 g/mol. The highest BCUT2D eigenvalue weighted by atomic mass is 79.9. The molecular formula is C12H10BrClO3. The van der Waals surface area contributed by atoms with Crippen LogP contribution in [0.5, 0.6) is 0 Å². The van der Waals surface area contributed by atoms with Gasteiger partial charge in [-0.05, 0) is 30.2 Å². The van der Waals surface area contributed by atoms with Gasteiger partial charge < -0.3 is 5.11 Å². The maximum Gasteiger partial charge on any atom is 0.328 e. The average molecular weight is 318 g/mol. The van der Waals surface area contributed by atoms with Crippen molar-refractivity contribution in [2.24, 2.45) is 0 Å². The van der Waals surface area contributed by atoms with E-state index in [0.29, 0.717) is 15.6 Å². The number of rotatable bonds is 4. The van der Waals surface area contributed by atoms with Crippen molar-refractivity contribution in [1.82, 2.24) is 0 Å². The van der Waals surface area contributed by atoms with E-state index in [4.69, 9.17) is 16.7 Å². The zero-order chi connectivity index (χ0) is 13.0. The number of halogens is 2. The summed E-state index contributed by atoms with van der Waals surface area (Å²) in [6.07, 6.45) is 2.42. The summed E-state index contributed by atoms with van der Waals surface area (Å²) in [4.78, 5) is 21.8. The van der Waals surface area contributed by atoms with Gasteiger partial charge in [-0.25, -0.2) is 4.79 Å². The molecule has 0 aliphatic heterocycles. The van der Waals surface area contributed by atoms with Crippen LogP contribution in [0.4, 0.5) is 0 Å². The summed E-state index contributed by atoms with van der Waals surface area (Å²) in [6, 6.07) is 5.20. The third-order valence-corrected chi connectivity index (χ3v) is 3.34. The summed E-state index contributed by atoms with van der Waals surface area (Å²) in [6.45, 7) is 1.39. The number of hydrogen-bond acceptors (Lipinski definition) is 2. The highest BCUT2D eigenvalue weighted by molar-refractivity contribution is 9.10. The van der Waals surface area contributed by atoms with Crippen LogP contribution in [0, 0.1) is 0 Å². The van der Waals surface area contributed by atoms with Crippen LogP contribution in [-0.4, -0.2) is 16.9 Å². The second-order valence-corrected chi connectivity index (χ2v) is 4.68. The molecule has 0 spiro atoms. The van der Waals surface area contributed by atoms with Gasteiger partial charge in [-0.1, -0.05) is 28.1 Å². The van der Waals surface area contributed by atoms with Gasteiger partial charge in [0.15, 0.2) is 5.78 Å². The molecule has 17 heavy (non-hydrogen) atoms. The van der Waals surface area contributed by atoms with Crippen molar-refractivity contribution in [2.45, 2.75) is 12.3 Å². The number of alkyl halides is 1. The van der Waals surface area contributed by atoms with E-state index < -0.39 is 11.3 Å². The molecule has 5 heteroatoms. The van der Waals surface area contributed by atoms with Crippen molar-refractivity contribution in [2.75, 3.05) is 0 Å². The fourth-order valence-corrected chi connectivity index (χ4v) is 2.03. The second-order valence-electron chi connectivity index (χ2n) is 3.39. The van der Waals surface area contributed by atoms with E-state index in [0.717, 1.165) is 6.08 Å². The van der Waals surface area contributed by atoms with Gasteiger partial charge in [-0.2, -0.15) is 0 Å². The molecule has 1 rings (SSSR count). The lowest BCUT2D eigenvalue weighted by atomic mass is 10.0. The molecule has 0 saturated heterocycles. The van der Waals surface area contributed by atoms with Crippen LogP contribution in [0.15, 0.2) is 28.7 Å². The third-order valence-electron chi connectivity index (χ3n) is 2.11. The van der Waals surface area contributed by atoms with Gasteiger partial charge in [0.05, 0.1) is 0 Å². The zero-order valence-electron chi connectivity index (χ0n) is 8.98. The lowest BCUT2D eigenvalue weighted by Crippen LogP contribution is -2.04. The quantitative estimate of drug-likeness (QED) is 0.684. The molecule has 1 aromatic rings. The largest absolute Gasteiger partial charge is 0.478 e. The smallest absolute Gasteiger partial charge is 0.328 e. The van der Waals surface area contributed by atoms with E-state index in [1.54, 1.807) is 18.2 Å². The van der Waals surface area contributed by atoms with Crippen molar-refractivity contribution in [3.8, 4) is 0 Å². The van der Waals surface area contributed by atoms with Crippen molar-refractivity contribution >= 4 is 45.4 Å². The molecule has 0 heterocycles. The summed E-state index contributed by atoms with van der Waals surface area (Å²) >= 11 is 9.28. The number of ketones is 1. The highest BCUT2D eigenvalue weighted by Crippen LogP contribution is 2.30. The Morgan fingerprint density at radius 1 is 1.47 bits per heavy atom. The van der Waals surface area contributed by atoms with Crippen LogP contribution in [-0.2, 0) is 9.59 Å². The fraction of sp³-hybridized carbons (Fsp3) is 0.167. The number of aliphatic carboxylic acids is 1. The number of benzene rings is 1. The third kappa shape index (κ3) is 3.68. The molecule has 0 aliphatic rings. The fourth-order valence-electron chi connectivity index (χ4n) is 1.32. The Kier molecular flexibility index (Phi) is 4.90. The van der Waals surface area contributed by atoms with Crippen LogP contribution >= 0.6 is 27.5 Å². The minimum absolute atomic E-state index is 0.185. The van der Waals surface area contributed by atoms with Crippen LogP contribution in [0.3, 0.4) is 0 Å². The van der Waals surface area contributed by atoms with Gasteiger partial charge in [0, 0.05) is 10.5 Å². The van der Waals surface area contributed by atoms with Gasteiger partial charge in [-0.3, -0.25) is 4.79 Å². The molecule has 1 aromatic carbocycles. The van der Waals surface area contributed by atoms with Crippen LogP contribution in [0.1, 0.15) is 23.4 Å². The standard InChI is InChI=1S/C12H10BrClO3/c1-7(15)12(14)9-3-2-4-10(13)8(9)5-6-11(16)17/h2-6,12H,1H3,(H,16,17)/b6-5+. The highest BCUT2D eigenvalue weighted by Gasteiger charge is 2.17. The van der Waals surface area contributed by atoms with Crippen molar-refractivity contribution < 1.29 is 14.7 Å². The van der Waals surface area contributed by atoms with Crippen molar-refractivity contribution in [3.05, 3.63) is 39.9 Å². The monoisotopic (exact) mass is 316 g/mol. The Hall–Kier alpha value is -1.13. The summed E-state index contributed by atoms with van der Waals surface area (Å²) in [5, 5.41) is 7.83. The molecule has 0 bridgehead atoms. The Morgan fingerprint density at radius 3 is 2.65 bits per heavy atom. The van der Waals surface area contributed by atoms with Gasteiger partial charge in [0.1, 0.15) is 5.38 Å². The molecule has 1 atom stereocenters. The maximum absolute atomic E-state index is 11.3. The first kappa shape index (κ1) is 13.9. The van der Waals surface area contributed by atoms with E-state index in [9.17, 15) is 9.59 Å². The summed E-state index contributed by atoms with van der Waals surface area (Å²) < 4.78 is 0.694. The van der Waals surface area contributed by atoms with E-state index in [-0.39, 0.29) is 5.78 Å². The Labute approximate surface area is 112 Å². The first-order valence-electron chi connectivity index (χ1n) is 4.77. The molecule has 1 N–H and O–H groups in total. The lowest BCUT2D eigenvalue weighted by Gasteiger charge is -2.11. The van der Waals surface area contributed by atoms with Crippen LogP contribution in [0.25, 0.3) is 6.08 Å². The number of carbonyl (C=O) groups is 2. The minimum Gasteiger partial charge on any atom is -0.478 e. The van der Waals surface area contributed by atoms with Crippen LogP contribution < -0.4 is 0 Å². The number of Topliss-reactive ketones (excluding diaryl/α,β-unsaturated/α-hetero) is 1. The first-order valence-corrected chi connectivity index (χ1v) is 6.00. The number of carboxylic acids is 1. The van der Waals surface area contributed by atoms with Gasteiger partial charge in [-0.15, -0.1) is 11.6 Å². The van der Waals surface area contributed by atoms with Gasteiger partial charge in [0.25, 0.3) is 0 Å². The molecule has 0 aliphatic carbocycles. The van der Waals surface area contributed by atoms with Crippen LogP contribution in [0.2, 0.25) is 0 Å². The summed E-state index contributed by atoms with van der Waals surface area (Å²) in [7, 11) is 0. The Bertz CT molecular complexity index is 483. The predicted molar refractivity (Wildman–Crippen MR) is 70.1 cm³/mol. The van der Waals surface area contributed by atoms with E-state index in [2.05, 4.69) is 15.9 Å².